The summed E-state index contributed by atoms with van der Waals surface area (Å²) in [7, 11) is 0. The number of benzene rings is 2. The van der Waals surface area contributed by atoms with Crippen molar-refractivity contribution in [3.63, 3.8) is 0 Å². The molecule has 0 aliphatic heterocycles. The van der Waals surface area contributed by atoms with Crippen LogP contribution in [0.4, 0.5) is 5.69 Å². The first-order valence-corrected chi connectivity index (χ1v) is 8.00. The number of non-ortho nitro benzene ring substituents is 1. The summed E-state index contributed by atoms with van der Waals surface area (Å²) < 4.78 is 0.923. The minimum absolute atomic E-state index is 0.00626. The zero-order chi connectivity index (χ0) is 17.1. The van der Waals surface area contributed by atoms with E-state index in [1.165, 1.54) is 29.7 Å². The topological polar surface area (TPSA) is 84.6 Å². The lowest BCUT2D eigenvalue weighted by molar-refractivity contribution is -0.384. The first-order chi connectivity index (χ1) is 11.6. The van der Waals surface area contributed by atoms with Gasteiger partial charge in [0.25, 0.3) is 11.6 Å². The number of fused-ring (bicyclic) bond motifs is 1. The zero-order valence-electron chi connectivity index (χ0n) is 12.1. The largest absolute Gasteiger partial charge is 0.283 e. The fraction of sp³-hybridized carbons (Fsp3) is 0. The molecule has 2 aromatic carbocycles. The van der Waals surface area contributed by atoms with E-state index in [4.69, 9.17) is 11.6 Å². The Morgan fingerprint density at radius 3 is 2.58 bits per heavy atom. The molecule has 0 spiro atoms. The van der Waals surface area contributed by atoms with Crippen LogP contribution < -0.4 is 5.43 Å². The molecular weight excluding hydrogens is 350 g/mol. The first kappa shape index (κ1) is 16.1. The van der Waals surface area contributed by atoms with Gasteiger partial charge < -0.3 is 0 Å². The summed E-state index contributed by atoms with van der Waals surface area (Å²) in [5, 5.41) is 15.7. The Morgan fingerprint density at radius 2 is 1.92 bits per heavy atom. The maximum absolute atomic E-state index is 12.2. The monoisotopic (exact) mass is 359 g/mol. The van der Waals surface area contributed by atoms with Crippen molar-refractivity contribution in [1.29, 1.82) is 0 Å². The van der Waals surface area contributed by atoms with Crippen molar-refractivity contribution in [1.82, 2.24) is 5.43 Å². The van der Waals surface area contributed by atoms with E-state index in [-0.39, 0.29) is 5.69 Å². The van der Waals surface area contributed by atoms with Gasteiger partial charge in [0.1, 0.15) is 4.88 Å². The number of halogens is 1. The summed E-state index contributed by atoms with van der Waals surface area (Å²) in [6, 6.07) is 13.3. The Kier molecular flexibility index (Phi) is 4.54. The number of hydrogen-bond donors (Lipinski definition) is 1. The van der Waals surface area contributed by atoms with Gasteiger partial charge in [-0.2, -0.15) is 5.10 Å². The fourth-order valence-corrected chi connectivity index (χ4v) is 3.47. The smallest absolute Gasteiger partial charge is 0.266 e. The van der Waals surface area contributed by atoms with Gasteiger partial charge in [0, 0.05) is 22.2 Å². The zero-order valence-corrected chi connectivity index (χ0v) is 13.7. The Morgan fingerprint density at radius 1 is 1.21 bits per heavy atom. The molecule has 0 saturated heterocycles. The lowest BCUT2D eigenvalue weighted by Crippen LogP contribution is -2.16. The molecule has 0 fully saturated rings. The minimum Gasteiger partial charge on any atom is -0.266 e. The van der Waals surface area contributed by atoms with E-state index < -0.39 is 10.8 Å². The van der Waals surface area contributed by atoms with Crippen LogP contribution in [-0.4, -0.2) is 17.0 Å². The second-order valence-electron chi connectivity index (χ2n) is 4.79. The number of carbonyl (C=O) groups excluding carboxylic acids is 1. The van der Waals surface area contributed by atoms with E-state index in [0.717, 1.165) is 10.1 Å². The maximum Gasteiger partial charge on any atom is 0.283 e. The van der Waals surface area contributed by atoms with Crippen molar-refractivity contribution in [2.24, 2.45) is 5.10 Å². The standard InChI is InChI=1S/C16H10ClN3O3S/c17-14-12-3-1-2-4-13(12)24-15(14)16(21)19-18-9-10-5-7-11(8-6-10)20(22)23/h1-9H,(H,19,21). The van der Waals surface area contributed by atoms with Crippen LogP contribution in [0, 0.1) is 10.1 Å². The van der Waals surface area contributed by atoms with E-state index in [9.17, 15) is 14.9 Å². The average molecular weight is 360 g/mol. The maximum atomic E-state index is 12.2. The minimum atomic E-state index is -0.480. The van der Waals surface area contributed by atoms with Crippen LogP contribution in [0.15, 0.2) is 53.6 Å². The van der Waals surface area contributed by atoms with Crippen LogP contribution in [0.5, 0.6) is 0 Å². The summed E-state index contributed by atoms with van der Waals surface area (Å²) in [5.74, 6) is -0.403. The molecule has 8 heteroatoms. The highest BCUT2D eigenvalue weighted by atomic mass is 35.5. The second kappa shape index (κ2) is 6.77. The van der Waals surface area contributed by atoms with E-state index in [0.29, 0.717) is 15.5 Å². The fourth-order valence-electron chi connectivity index (χ4n) is 2.06. The highest BCUT2D eigenvalue weighted by molar-refractivity contribution is 7.21. The predicted molar refractivity (Wildman–Crippen MR) is 95.0 cm³/mol. The number of thiophene rings is 1. The molecule has 0 atom stereocenters. The molecule has 1 amide bonds. The number of hydrogen-bond acceptors (Lipinski definition) is 5. The van der Waals surface area contributed by atoms with Crippen LogP contribution in [0.1, 0.15) is 15.2 Å². The van der Waals surface area contributed by atoms with Crippen molar-refractivity contribution < 1.29 is 9.72 Å². The number of nitrogens with one attached hydrogen (secondary N) is 1. The summed E-state index contributed by atoms with van der Waals surface area (Å²) in [4.78, 5) is 22.7. The number of nitro groups is 1. The van der Waals surface area contributed by atoms with Crippen LogP contribution in [0.3, 0.4) is 0 Å². The molecule has 1 heterocycles. The van der Waals surface area contributed by atoms with E-state index in [1.807, 2.05) is 24.3 Å². The molecule has 0 radical (unpaired) electrons. The molecule has 120 valence electrons. The molecule has 3 aromatic rings. The third-order valence-electron chi connectivity index (χ3n) is 3.22. The molecular formula is C16H10ClN3O3S. The van der Waals surface area contributed by atoms with Crippen LogP contribution in [0.25, 0.3) is 10.1 Å². The number of nitrogens with zero attached hydrogens (tertiary/aromatic N) is 2. The Balaban J connectivity index is 1.72. The number of carbonyl (C=O) groups is 1. The normalized spacial score (nSPS) is 11.0. The Hall–Kier alpha value is -2.77. The highest BCUT2D eigenvalue weighted by Gasteiger charge is 2.16. The molecule has 0 unspecified atom stereocenters. The quantitative estimate of drug-likeness (QED) is 0.430. The average Bonchev–Trinajstić information content (AvgIpc) is 2.93. The van der Waals surface area contributed by atoms with Gasteiger partial charge in [-0.05, 0) is 23.8 Å². The molecule has 1 N–H and O–H groups in total. The molecule has 1 aromatic heterocycles. The molecule has 6 nitrogen and oxygen atoms in total. The third-order valence-corrected chi connectivity index (χ3v) is 4.90. The molecule has 0 saturated carbocycles. The second-order valence-corrected chi connectivity index (χ2v) is 6.22. The molecule has 0 aliphatic carbocycles. The molecule has 0 aliphatic rings. The van der Waals surface area contributed by atoms with Gasteiger partial charge in [-0.15, -0.1) is 11.3 Å². The van der Waals surface area contributed by atoms with Gasteiger partial charge in [0.15, 0.2) is 0 Å². The number of rotatable bonds is 4. The molecule has 0 bridgehead atoms. The van der Waals surface area contributed by atoms with Gasteiger partial charge in [-0.25, -0.2) is 5.43 Å². The van der Waals surface area contributed by atoms with Crippen molar-refractivity contribution in [3.05, 3.63) is 74.1 Å². The van der Waals surface area contributed by atoms with Crippen molar-refractivity contribution >= 4 is 50.8 Å². The van der Waals surface area contributed by atoms with Crippen LogP contribution in [-0.2, 0) is 0 Å². The van der Waals surface area contributed by atoms with Gasteiger partial charge in [-0.3, -0.25) is 14.9 Å². The molecule has 3 rings (SSSR count). The van der Waals surface area contributed by atoms with E-state index in [2.05, 4.69) is 10.5 Å². The predicted octanol–water partition coefficient (Wildman–Crippen LogP) is 4.23. The lowest BCUT2D eigenvalue weighted by atomic mass is 10.2. The van der Waals surface area contributed by atoms with E-state index in [1.54, 1.807) is 12.1 Å². The summed E-state index contributed by atoms with van der Waals surface area (Å²) in [6.45, 7) is 0. The first-order valence-electron chi connectivity index (χ1n) is 6.81. The van der Waals surface area contributed by atoms with Crippen molar-refractivity contribution in [2.45, 2.75) is 0 Å². The van der Waals surface area contributed by atoms with Gasteiger partial charge in [-0.1, -0.05) is 29.8 Å². The van der Waals surface area contributed by atoms with Crippen LogP contribution >= 0.6 is 22.9 Å². The Bertz CT molecular complexity index is 951. The summed E-state index contributed by atoms with van der Waals surface area (Å²) in [6.07, 6.45) is 1.41. The van der Waals surface area contributed by atoms with Crippen LogP contribution in [0.2, 0.25) is 5.02 Å². The van der Waals surface area contributed by atoms with Gasteiger partial charge in [0.2, 0.25) is 0 Å². The van der Waals surface area contributed by atoms with Crippen molar-refractivity contribution in [3.8, 4) is 0 Å². The van der Waals surface area contributed by atoms with Gasteiger partial charge >= 0.3 is 0 Å². The van der Waals surface area contributed by atoms with Crippen molar-refractivity contribution in [2.75, 3.05) is 0 Å². The lowest BCUT2D eigenvalue weighted by Gasteiger charge is -1.97. The SMILES string of the molecule is O=C(NN=Cc1ccc([N+](=O)[O-])cc1)c1sc2ccccc2c1Cl. The number of nitro benzene ring substituents is 1. The number of amides is 1. The van der Waals surface area contributed by atoms with Gasteiger partial charge in [0.05, 0.1) is 16.2 Å². The third kappa shape index (κ3) is 3.27. The highest BCUT2D eigenvalue weighted by Crippen LogP contribution is 2.34. The number of hydrazone groups is 1. The molecule has 24 heavy (non-hydrogen) atoms. The van der Waals surface area contributed by atoms with E-state index >= 15 is 0 Å². The Labute approximate surface area is 145 Å². The summed E-state index contributed by atoms with van der Waals surface area (Å²) in [5.41, 5.74) is 3.03. The summed E-state index contributed by atoms with van der Waals surface area (Å²) >= 11 is 7.52.